The molecule has 3 N–H and O–H groups in total. The smallest absolute Gasteiger partial charge is 0.302 e. The molecule has 1 fully saturated rings. The van der Waals surface area contributed by atoms with E-state index in [1.807, 2.05) is 0 Å². The number of carbonyl (C=O) groups is 1. The first-order valence-electron chi connectivity index (χ1n) is 7.30. The van der Waals surface area contributed by atoms with Crippen molar-refractivity contribution < 1.29 is 19.4 Å². The summed E-state index contributed by atoms with van der Waals surface area (Å²) in [6.45, 7) is 2.73. The Kier molecular flexibility index (Phi) is 3.87. The Bertz CT molecular complexity index is 842. The highest BCUT2D eigenvalue weighted by atomic mass is 16.6. The van der Waals surface area contributed by atoms with Crippen LogP contribution < -0.4 is 5.73 Å². The summed E-state index contributed by atoms with van der Waals surface area (Å²) in [5, 5.41) is 10.4. The molecule has 0 radical (unpaired) electrons. The van der Waals surface area contributed by atoms with E-state index in [0.717, 1.165) is 0 Å². The van der Waals surface area contributed by atoms with Crippen molar-refractivity contribution in [3.05, 3.63) is 12.2 Å². The third-order valence-electron chi connectivity index (χ3n) is 3.91. The van der Waals surface area contributed by atoms with Crippen molar-refractivity contribution in [2.24, 2.45) is 0 Å². The maximum atomic E-state index is 11.1. The van der Waals surface area contributed by atoms with E-state index in [1.54, 1.807) is 11.5 Å². The van der Waals surface area contributed by atoms with Crippen LogP contribution in [0.15, 0.2) is 6.33 Å². The number of nitrogen functional groups attached to an aromatic ring is 1. The highest BCUT2D eigenvalue weighted by Crippen LogP contribution is 2.38. The second-order valence-corrected chi connectivity index (χ2v) is 5.62. The van der Waals surface area contributed by atoms with Crippen LogP contribution in [0.5, 0.6) is 0 Å². The normalized spacial score (nSPS) is 26.4. The van der Waals surface area contributed by atoms with Crippen LogP contribution in [0.4, 0.5) is 5.82 Å². The number of rotatable bonds is 3. The minimum Gasteiger partial charge on any atom is -0.462 e. The van der Waals surface area contributed by atoms with Crippen LogP contribution in [0.2, 0.25) is 0 Å². The lowest BCUT2D eigenvalue weighted by atomic mass is 9.99. The molecule has 126 valence electrons. The van der Waals surface area contributed by atoms with Crippen LogP contribution in [-0.2, 0) is 14.3 Å². The number of nitrogens with two attached hydrogens (primary N) is 1. The fourth-order valence-corrected chi connectivity index (χ4v) is 2.69. The van der Waals surface area contributed by atoms with Gasteiger partial charge in [-0.2, -0.15) is 0 Å². The number of aromatic nitrogens is 4. The molecule has 1 aliphatic rings. The molecule has 0 bridgehead atoms. The van der Waals surface area contributed by atoms with Gasteiger partial charge in [-0.25, -0.2) is 15.0 Å². The molecular formula is C15H17N5O4. The van der Waals surface area contributed by atoms with Crippen molar-refractivity contribution in [3.8, 4) is 12.3 Å². The molecule has 1 saturated heterocycles. The van der Waals surface area contributed by atoms with E-state index in [9.17, 15) is 9.90 Å². The van der Waals surface area contributed by atoms with Gasteiger partial charge in [0.1, 0.15) is 30.3 Å². The van der Waals surface area contributed by atoms with E-state index in [4.69, 9.17) is 21.6 Å². The topological polar surface area (TPSA) is 125 Å². The largest absolute Gasteiger partial charge is 0.462 e. The highest BCUT2D eigenvalue weighted by Gasteiger charge is 2.49. The first-order valence-corrected chi connectivity index (χ1v) is 7.30. The van der Waals surface area contributed by atoms with E-state index >= 15 is 0 Å². The summed E-state index contributed by atoms with van der Waals surface area (Å²) < 4.78 is 12.4. The number of anilines is 1. The minimum atomic E-state index is -1.42. The summed E-state index contributed by atoms with van der Waals surface area (Å²) in [6.07, 6.45) is 5.59. The van der Waals surface area contributed by atoms with Crippen molar-refractivity contribution in [2.75, 3.05) is 12.3 Å². The Labute approximate surface area is 137 Å². The van der Waals surface area contributed by atoms with Gasteiger partial charge < -0.3 is 20.3 Å². The van der Waals surface area contributed by atoms with Crippen molar-refractivity contribution >= 4 is 23.0 Å². The third-order valence-corrected chi connectivity index (χ3v) is 3.91. The lowest BCUT2D eigenvalue weighted by Crippen LogP contribution is -2.43. The molecule has 9 nitrogen and oxygen atoms in total. The maximum absolute atomic E-state index is 11.1. The number of ether oxygens (including phenoxy) is 2. The van der Waals surface area contributed by atoms with Crippen LogP contribution in [-0.4, -0.2) is 48.9 Å². The second-order valence-electron chi connectivity index (χ2n) is 5.62. The number of aliphatic hydroxyl groups is 1. The molecule has 3 heterocycles. The number of hydrogen-bond donors (Lipinski definition) is 2. The Balaban J connectivity index is 1.95. The van der Waals surface area contributed by atoms with Crippen LogP contribution in [0.25, 0.3) is 11.2 Å². The molecular weight excluding hydrogens is 314 g/mol. The fraction of sp³-hybridized carbons (Fsp3) is 0.467. The zero-order valence-electron chi connectivity index (χ0n) is 13.3. The number of imidazole rings is 1. The van der Waals surface area contributed by atoms with Gasteiger partial charge in [0.25, 0.3) is 0 Å². The number of aliphatic hydroxyl groups excluding tert-OH is 1. The van der Waals surface area contributed by atoms with Crippen molar-refractivity contribution in [3.63, 3.8) is 0 Å². The van der Waals surface area contributed by atoms with Crippen molar-refractivity contribution in [1.82, 2.24) is 19.5 Å². The molecule has 2 aromatic rings. The molecule has 0 spiro atoms. The lowest BCUT2D eigenvalue weighted by Gasteiger charge is -2.25. The van der Waals surface area contributed by atoms with Crippen LogP contribution >= 0.6 is 0 Å². The standard InChI is InChI=1S/C15H17N5O4/c1-4-15(6-23-9(3)21)10(22)5-11(24-15)20-7-17-12-13(16)18-8(2)19-14(12)20/h1,7,10-11,22H,5-6H2,2-3H3,(H2,16,18,19)/t10-,11+,15+/m0/s1. The second kappa shape index (κ2) is 5.74. The van der Waals surface area contributed by atoms with E-state index in [0.29, 0.717) is 17.0 Å². The first kappa shape index (κ1) is 16.2. The van der Waals surface area contributed by atoms with Crippen molar-refractivity contribution in [1.29, 1.82) is 0 Å². The zero-order chi connectivity index (χ0) is 17.5. The van der Waals surface area contributed by atoms with Gasteiger partial charge in [0, 0.05) is 13.3 Å². The monoisotopic (exact) mass is 331 g/mol. The van der Waals surface area contributed by atoms with Gasteiger partial charge in [-0.05, 0) is 6.92 Å². The number of fused-ring (bicyclic) bond motifs is 1. The van der Waals surface area contributed by atoms with Gasteiger partial charge in [-0.3, -0.25) is 9.36 Å². The van der Waals surface area contributed by atoms with E-state index in [2.05, 4.69) is 20.9 Å². The fourth-order valence-electron chi connectivity index (χ4n) is 2.69. The van der Waals surface area contributed by atoms with Crippen molar-refractivity contribution in [2.45, 2.75) is 38.2 Å². The van der Waals surface area contributed by atoms with Gasteiger partial charge in [0.05, 0.1) is 6.33 Å². The van der Waals surface area contributed by atoms with E-state index in [-0.39, 0.29) is 18.8 Å². The molecule has 3 rings (SSSR count). The van der Waals surface area contributed by atoms with Gasteiger partial charge in [-0.15, -0.1) is 6.42 Å². The van der Waals surface area contributed by atoms with Gasteiger partial charge in [-0.1, -0.05) is 5.92 Å². The molecule has 9 heteroatoms. The average molecular weight is 331 g/mol. The first-order chi connectivity index (χ1) is 11.4. The van der Waals surface area contributed by atoms with E-state index < -0.39 is 23.9 Å². The number of aryl methyl sites for hydroxylation is 1. The Morgan fingerprint density at radius 1 is 1.67 bits per heavy atom. The summed E-state index contributed by atoms with van der Waals surface area (Å²) in [5.41, 5.74) is 5.36. The highest BCUT2D eigenvalue weighted by molar-refractivity contribution is 5.81. The number of hydrogen-bond acceptors (Lipinski definition) is 8. The average Bonchev–Trinajstić information content (AvgIpc) is 3.07. The Hall–Kier alpha value is -2.70. The van der Waals surface area contributed by atoms with Crippen LogP contribution in [0.1, 0.15) is 25.4 Å². The predicted octanol–water partition coefficient (Wildman–Crippen LogP) is -0.0682. The molecule has 2 aromatic heterocycles. The number of terminal acetylenes is 1. The lowest BCUT2D eigenvalue weighted by molar-refractivity contribution is -0.153. The van der Waals surface area contributed by atoms with Gasteiger partial charge >= 0.3 is 5.97 Å². The van der Waals surface area contributed by atoms with Crippen LogP contribution in [0, 0.1) is 19.3 Å². The molecule has 24 heavy (non-hydrogen) atoms. The quantitative estimate of drug-likeness (QED) is 0.591. The molecule has 0 aromatic carbocycles. The predicted molar refractivity (Wildman–Crippen MR) is 83.4 cm³/mol. The summed E-state index contributed by atoms with van der Waals surface area (Å²) >= 11 is 0. The minimum absolute atomic E-state index is 0.194. The molecule has 0 aliphatic carbocycles. The maximum Gasteiger partial charge on any atom is 0.302 e. The summed E-state index contributed by atoms with van der Waals surface area (Å²) in [4.78, 5) is 23.6. The third kappa shape index (κ3) is 2.55. The molecule has 3 atom stereocenters. The SMILES string of the molecule is C#C[C@]1(COC(C)=O)O[C@@H](n2cnc3c(N)nc(C)nc32)C[C@@H]1O. The molecule has 0 amide bonds. The number of esters is 1. The summed E-state index contributed by atoms with van der Waals surface area (Å²) in [5.74, 6) is 2.65. The Morgan fingerprint density at radius 3 is 3.08 bits per heavy atom. The molecule has 1 aliphatic heterocycles. The van der Waals surface area contributed by atoms with Gasteiger partial charge in [0.15, 0.2) is 17.1 Å². The van der Waals surface area contributed by atoms with Crippen LogP contribution in [0.3, 0.4) is 0 Å². The summed E-state index contributed by atoms with van der Waals surface area (Å²) in [6, 6.07) is 0. The zero-order valence-corrected chi connectivity index (χ0v) is 13.3. The number of nitrogens with zero attached hydrogens (tertiary/aromatic N) is 4. The van der Waals surface area contributed by atoms with E-state index in [1.165, 1.54) is 13.3 Å². The number of carbonyl (C=O) groups excluding carboxylic acids is 1. The summed E-state index contributed by atoms with van der Waals surface area (Å²) in [7, 11) is 0. The molecule has 0 unspecified atom stereocenters. The van der Waals surface area contributed by atoms with Gasteiger partial charge in [0.2, 0.25) is 0 Å². The Morgan fingerprint density at radius 2 is 2.42 bits per heavy atom. The molecule has 0 saturated carbocycles.